The van der Waals surface area contributed by atoms with E-state index in [1.807, 2.05) is 29.2 Å². The Morgan fingerprint density at radius 3 is 2.24 bits per heavy atom. The number of sulfonamides is 1. The maximum absolute atomic E-state index is 13.2. The van der Waals surface area contributed by atoms with E-state index in [-0.39, 0.29) is 44.4 Å². The Labute approximate surface area is 235 Å². The number of rotatable bonds is 8. The molecule has 0 aliphatic carbocycles. The lowest BCUT2D eigenvalue weighted by Crippen LogP contribution is -2.53. The Morgan fingerprint density at radius 2 is 1.59 bits per heavy atom. The van der Waals surface area contributed by atoms with Gasteiger partial charge in [-0.15, -0.1) is 0 Å². The van der Waals surface area contributed by atoms with E-state index >= 15 is 0 Å². The van der Waals surface area contributed by atoms with Crippen LogP contribution in [-0.4, -0.2) is 84.4 Å². The van der Waals surface area contributed by atoms with Crippen molar-refractivity contribution in [2.45, 2.75) is 44.4 Å². The van der Waals surface area contributed by atoms with Crippen molar-refractivity contribution in [3.8, 4) is 0 Å². The van der Waals surface area contributed by atoms with Gasteiger partial charge in [-0.1, -0.05) is 42.5 Å². The predicted molar refractivity (Wildman–Crippen MR) is 139 cm³/mol. The van der Waals surface area contributed by atoms with Crippen molar-refractivity contribution in [3.63, 3.8) is 0 Å². The molecule has 0 radical (unpaired) electrons. The van der Waals surface area contributed by atoms with Crippen LogP contribution in [0.3, 0.4) is 0 Å². The van der Waals surface area contributed by atoms with Gasteiger partial charge in [0.1, 0.15) is 6.04 Å². The number of piperazine rings is 1. The van der Waals surface area contributed by atoms with E-state index in [2.05, 4.69) is 5.32 Å². The van der Waals surface area contributed by atoms with E-state index in [0.717, 1.165) is 15.4 Å². The molecule has 0 bridgehead atoms. The summed E-state index contributed by atoms with van der Waals surface area (Å²) < 4.78 is 68.9. The second kappa shape index (κ2) is 11.5. The topological polar surface area (TPSA) is 116 Å². The van der Waals surface area contributed by atoms with Crippen molar-refractivity contribution in [1.82, 2.24) is 19.4 Å². The predicted octanol–water partition coefficient (Wildman–Crippen LogP) is 2.17. The van der Waals surface area contributed by atoms with Crippen LogP contribution in [0.2, 0.25) is 0 Å². The van der Waals surface area contributed by atoms with Gasteiger partial charge in [0.15, 0.2) is 12.0 Å². The number of alkyl halides is 3. The molecular weight excluding hydrogens is 565 g/mol. The first-order chi connectivity index (χ1) is 19.4. The quantitative estimate of drug-likeness (QED) is 0.466. The highest BCUT2D eigenvalue weighted by Crippen LogP contribution is 2.38. The number of nitrogens with zero attached hydrogens (tertiary/aromatic N) is 3. The second-order valence-electron chi connectivity index (χ2n) is 10.3. The number of amides is 3. The summed E-state index contributed by atoms with van der Waals surface area (Å²) in [5.74, 6) is -3.09. The molecule has 10 nitrogen and oxygen atoms in total. The largest absolute Gasteiger partial charge is 0.404 e. The van der Waals surface area contributed by atoms with Gasteiger partial charge in [0.25, 0.3) is 5.91 Å². The van der Waals surface area contributed by atoms with E-state index in [1.54, 1.807) is 24.3 Å². The lowest BCUT2D eigenvalue weighted by atomic mass is 10.0. The Hall–Kier alpha value is -3.33. The first-order valence-corrected chi connectivity index (χ1v) is 14.7. The number of hydrogen-bond donors (Lipinski definition) is 1. The Morgan fingerprint density at radius 1 is 0.927 bits per heavy atom. The van der Waals surface area contributed by atoms with Crippen LogP contribution >= 0.6 is 0 Å². The van der Waals surface area contributed by atoms with Gasteiger partial charge in [-0.25, -0.2) is 8.42 Å². The second-order valence-corrected chi connectivity index (χ2v) is 12.3. The standard InChI is InChI=1S/C27H29F3N4O6S/c28-27(29,30)17-41(38,39)33-13-11-32(12-14-33)15-18-5-7-19(8-6-18)16-40-26-21-4-2-1-3-20(21)25(37)34(26)22-9-10-23(35)31-24(22)36/h1-8,22,26H,9-17H2,(H,31,35,36). The van der Waals surface area contributed by atoms with Crippen molar-refractivity contribution in [3.05, 3.63) is 70.8 Å². The molecule has 41 heavy (non-hydrogen) atoms. The van der Waals surface area contributed by atoms with E-state index in [1.165, 1.54) is 4.90 Å². The van der Waals surface area contributed by atoms with Crippen molar-refractivity contribution in [2.75, 3.05) is 31.9 Å². The van der Waals surface area contributed by atoms with Gasteiger partial charge < -0.3 is 4.74 Å². The molecule has 2 aromatic rings. The third kappa shape index (κ3) is 6.61. The average Bonchev–Trinajstić information content (AvgIpc) is 3.19. The first-order valence-electron chi connectivity index (χ1n) is 13.1. The van der Waals surface area contributed by atoms with Gasteiger partial charge in [0.05, 0.1) is 6.61 Å². The number of nitrogens with one attached hydrogen (secondary N) is 1. The number of carbonyl (C=O) groups is 3. The fourth-order valence-electron chi connectivity index (χ4n) is 5.36. The number of benzene rings is 2. The van der Waals surface area contributed by atoms with Crippen molar-refractivity contribution in [2.24, 2.45) is 0 Å². The van der Waals surface area contributed by atoms with Crippen molar-refractivity contribution >= 4 is 27.7 Å². The molecule has 3 heterocycles. The zero-order chi connectivity index (χ0) is 29.4. The summed E-state index contributed by atoms with van der Waals surface area (Å²) in [6.45, 7) is 1.26. The molecule has 1 N–H and O–H groups in total. The van der Waals surface area contributed by atoms with Crippen molar-refractivity contribution < 1.29 is 40.7 Å². The van der Waals surface area contributed by atoms with Crippen LogP contribution in [0.5, 0.6) is 0 Å². The molecule has 2 aromatic carbocycles. The Kier molecular flexibility index (Phi) is 8.19. The fraction of sp³-hybridized carbons (Fsp3) is 0.444. The van der Waals surface area contributed by atoms with Crippen LogP contribution in [0.25, 0.3) is 0 Å². The van der Waals surface area contributed by atoms with Crippen molar-refractivity contribution in [1.29, 1.82) is 0 Å². The molecule has 2 saturated heterocycles. The monoisotopic (exact) mass is 594 g/mol. The minimum Gasteiger partial charge on any atom is -0.349 e. The molecule has 0 aromatic heterocycles. The summed E-state index contributed by atoms with van der Waals surface area (Å²) in [6.07, 6.45) is -5.24. The number of ether oxygens (including phenoxy) is 1. The first kappa shape index (κ1) is 29.2. The molecule has 3 amide bonds. The molecule has 2 atom stereocenters. The van der Waals surface area contributed by atoms with Gasteiger partial charge in [0.2, 0.25) is 21.8 Å². The van der Waals surface area contributed by atoms with Crippen LogP contribution in [0.1, 0.15) is 46.1 Å². The smallest absolute Gasteiger partial charge is 0.349 e. The number of carbonyl (C=O) groups excluding carboxylic acids is 3. The van der Waals surface area contributed by atoms with Crippen LogP contribution in [0.4, 0.5) is 13.2 Å². The fourth-order valence-corrected chi connectivity index (χ4v) is 6.68. The lowest BCUT2D eigenvalue weighted by molar-refractivity contribution is -0.142. The molecule has 2 fully saturated rings. The third-order valence-electron chi connectivity index (χ3n) is 7.40. The molecule has 2 unspecified atom stereocenters. The Bertz CT molecular complexity index is 1430. The molecule has 3 aliphatic rings. The minimum atomic E-state index is -4.78. The summed E-state index contributed by atoms with van der Waals surface area (Å²) in [7, 11) is -4.39. The molecular formula is C27H29F3N4O6S. The summed E-state index contributed by atoms with van der Waals surface area (Å²) in [5.41, 5.74) is 2.85. The molecule has 0 spiro atoms. The van der Waals surface area contributed by atoms with Crippen LogP contribution in [-0.2, 0) is 37.5 Å². The van der Waals surface area contributed by atoms with Gasteiger partial charge in [-0.3, -0.25) is 29.5 Å². The molecule has 5 rings (SSSR count). The van der Waals surface area contributed by atoms with E-state index in [4.69, 9.17) is 4.74 Å². The third-order valence-corrected chi connectivity index (χ3v) is 9.24. The number of halogens is 3. The average molecular weight is 595 g/mol. The number of imide groups is 1. The van der Waals surface area contributed by atoms with E-state index in [0.29, 0.717) is 30.8 Å². The molecule has 14 heteroatoms. The zero-order valence-corrected chi connectivity index (χ0v) is 22.8. The molecule has 3 aliphatic heterocycles. The zero-order valence-electron chi connectivity index (χ0n) is 22.0. The normalized spacial score (nSPS) is 22.6. The Balaban J connectivity index is 1.19. The summed E-state index contributed by atoms with van der Waals surface area (Å²) in [5, 5.41) is 2.30. The lowest BCUT2D eigenvalue weighted by Gasteiger charge is -2.34. The maximum Gasteiger partial charge on any atom is 0.404 e. The summed E-state index contributed by atoms with van der Waals surface area (Å²) in [4.78, 5) is 40.8. The number of piperidine rings is 1. The minimum absolute atomic E-state index is 0.00437. The number of hydrogen-bond acceptors (Lipinski definition) is 7. The molecule has 0 saturated carbocycles. The van der Waals surface area contributed by atoms with Crippen LogP contribution in [0.15, 0.2) is 48.5 Å². The van der Waals surface area contributed by atoms with E-state index < -0.39 is 40.1 Å². The van der Waals surface area contributed by atoms with Crippen LogP contribution < -0.4 is 5.32 Å². The highest BCUT2D eigenvalue weighted by Gasteiger charge is 2.45. The summed E-state index contributed by atoms with van der Waals surface area (Å²) in [6, 6.07) is 13.6. The maximum atomic E-state index is 13.2. The van der Waals surface area contributed by atoms with Crippen LogP contribution in [0, 0.1) is 0 Å². The summed E-state index contributed by atoms with van der Waals surface area (Å²) >= 11 is 0. The highest BCUT2D eigenvalue weighted by atomic mass is 32.2. The van der Waals surface area contributed by atoms with Gasteiger partial charge in [-0.2, -0.15) is 17.5 Å². The highest BCUT2D eigenvalue weighted by molar-refractivity contribution is 7.89. The van der Waals surface area contributed by atoms with Gasteiger partial charge in [0, 0.05) is 50.3 Å². The van der Waals surface area contributed by atoms with Gasteiger partial charge in [-0.05, 0) is 23.6 Å². The van der Waals surface area contributed by atoms with Gasteiger partial charge >= 0.3 is 6.18 Å². The van der Waals surface area contributed by atoms with E-state index in [9.17, 15) is 36.0 Å². The SMILES string of the molecule is O=C1CCC(N2C(=O)c3ccccc3C2OCc2ccc(CN3CCN(S(=O)(=O)CC(F)(F)F)CC3)cc2)C(=O)N1. The number of fused-ring (bicyclic) bond motifs is 1. The molecule has 220 valence electrons.